The number of phosphoric acid groups is 1. The van der Waals surface area contributed by atoms with Gasteiger partial charge in [0.05, 0.1) is 42.8 Å². The third-order valence-electron chi connectivity index (χ3n) is 7.49. The quantitative estimate of drug-likeness (QED) is 0.0572. The van der Waals surface area contributed by atoms with Crippen molar-refractivity contribution in [3.63, 3.8) is 0 Å². The maximum absolute atomic E-state index is 13.4. The molecule has 0 spiro atoms. The number of ether oxygens (including phenoxy) is 2. The van der Waals surface area contributed by atoms with Gasteiger partial charge in [-0.2, -0.15) is 4.98 Å². The summed E-state index contributed by atoms with van der Waals surface area (Å²) in [6, 6.07) is 0. The number of H-pyrrole nitrogens is 1. The smallest absolute Gasteiger partial charge is 0.395 e. The van der Waals surface area contributed by atoms with Crippen LogP contribution in [0.2, 0.25) is 0 Å². The van der Waals surface area contributed by atoms with Crippen LogP contribution < -0.4 is 17.0 Å². The number of thioether (sulfide) groups is 1. The van der Waals surface area contributed by atoms with E-state index in [0.717, 1.165) is 11.8 Å². The molecular formula is C22H30N10O10P2S3. The van der Waals surface area contributed by atoms with Gasteiger partial charge < -0.3 is 40.6 Å². The zero-order chi connectivity index (χ0) is 33.7. The number of aromatic nitrogens is 8. The monoisotopic (exact) mass is 752 g/mol. The van der Waals surface area contributed by atoms with Gasteiger partial charge in [-0.15, -0.1) is 24.0 Å². The van der Waals surface area contributed by atoms with Gasteiger partial charge in [0.1, 0.15) is 35.6 Å². The summed E-state index contributed by atoms with van der Waals surface area (Å²) in [5.41, 5.74) is 10.5. The number of aromatic amines is 1. The maximum Gasteiger partial charge on any atom is 0.472 e. The summed E-state index contributed by atoms with van der Waals surface area (Å²) >= 11 is 10.2. The van der Waals surface area contributed by atoms with E-state index in [9.17, 15) is 24.5 Å². The number of aliphatic hydroxyl groups excluding tert-OH is 2. The summed E-state index contributed by atoms with van der Waals surface area (Å²) in [7, 11) is -4.93. The standard InChI is InChI=1S/C22H30N10O10P2S3/c1-22(2-9(38-8-39-43(45)46)19(41-22)31-6-27-11-15(23)25-5-26-16(11)31)4-40-44(36,37)42-14-13(34)10(3-33)47-20(14)32-7-28-12-17(32)29-21(24)30-18(12)35/h5-7,9-10,13-14,19-20,33-34,43H,2-4,8H2,1H3,(H,36,37)(H,45,46)(H2,23,25,26)(H3,24,29,30,35)/t9-,10-,13-,14-,19-,20-,22+/m1/s1. The zero-order valence-electron chi connectivity index (χ0n) is 24.2. The van der Waals surface area contributed by atoms with Crippen LogP contribution in [0.25, 0.3) is 22.3 Å². The van der Waals surface area contributed by atoms with Gasteiger partial charge in [-0.25, -0.2) is 24.5 Å². The highest BCUT2D eigenvalue weighted by atomic mass is 32.9. The number of thiol groups is 1. The number of phosphoric ester groups is 1. The number of hydrogen-bond acceptors (Lipinski definition) is 18. The van der Waals surface area contributed by atoms with Crippen molar-refractivity contribution in [2.75, 3.05) is 31.5 Å². The van der Waals surface area contributed by atoms with Gasteiger partial charge >= 0.3 is 7.82 Å². The molecule has 0 radical (unpaired) electrons. The van der Waals surface area contributed by atoms with E-state index in [1.165, 1.54) is 23.5 Å². The first-order chi connectivity index (χ1) is 22.3. The van der Waals surface area contributed by atoms with Crippen LogP contribution in [0.5, 0.6) is 0 Å². The molecule has 2 unspecified atom stereocenters. The van der Waals surface area contributed by atoms with E-state index in [1.54, 1.807) is 11.5 Å². The van der Waals surface area contributed by atoms with E-state index in [4.69, 9.17) is 46.3 Å². The van der Waals surface area contributed by atoms with Crippen LogP contribution in [0.4, 0.5) is 11.8 Å². The Balaban J connectivity index is 1.21. The topological polar surface area (TPSA) is 283 Å². The average molecular weight is 753 g/mol. The first kappa shape index (κ1) is 34.6. The van der Waals surface area contributed by atoms with Crippen molar-refractivity contribution in [2.24, 2.45) is 0 Å². The van der Waals surface area contributed by atoms with Crippen LogP contribution in [-0.2, 0) is 39.4 Å². The van der Waals surface area contributed by atoms with Crippen LogP contribution in [0.1, 0.15) is 24.9 Å². The summed E-state index contributed by atoms with van der Waals surface area (Å²) < 4.78 is 44.9. The SMILES string of the molecule is C[C@@]1(COP(=O)(O)O[C@@H]2[C@H](O)[C@@H](CO)S[C@H]2n2cnc3c(=O)[nH]c(N)nc32)C[C@@H](OCO[PH](=S)S)[C@H](n2cnc3c(N)ncnc32)O1. The molecule has 6 rings (SSSR count). The Morgan fingerprint density at radius 3 is 2.74 bits per heavy atom. The molecule has 4 aromatic rings. The van der Waals surface area contributed by atoms with E-state index < -0.39 is 73.5 Å². The van der Waals surface area contributed by atoms with Crippen LogP contribution in [0.15, 0.2) is 23.8 Å². The minimum Gasteiger partial charge on any atom is -0.395 e. The lowest BCUT2D eigenvalue weighted by atomic mass is 10.0. The molecular weight excluding hydrogens is 722 g/mol. The fourth-order valence-electron chi connectivity index (χ4n) is 5.38. The Kier molecular flexibility index (Phi) is 10.0. The van der Waals surface area contributed by atoms with Crippen LogP contribution in [-0.4, -0.2) is 103 Å². The van der Waals surface area contributed by atoms with Crippen molar-refractivity contribution in [3.05, 3.63) is 29.3 Å². The third kappa shape index (κ3) is 7.09. The first-order valence-electron chi connectivity index (χ1n) is 13.7. The number of nitrogen functional groups attached to an aromatic ring is 2. The molecule has 4 aromatic heterocycles. The van der Waals surface area contributed by atoms with Gasteiger partial charge in [0.2, 0.25) is 5.95 Å². The van der Waals surface area contributed by atoms with E-state index >= 15 is 0 Å². The Bertz CT molecular complexity index is 1920. The number of rotatable bonds is 12. The van der Waals surface area contributed by atoms with Crippen LogP contribution >= 0.6 is 38.0 Å². The van der Waals surface area contributed by atoms with E-state index in [2.05, 4.69) is 42.2 Å². The molecule has 8 N–H and O–H groups in total. The number of imidazole rings is 2. The highest BCUT2D eigenvalue weighted by Gasteiger charge is 2.51. The predicted octanol–water partition coefficient (Wildman–Crippen LogP) is 0.0661. The van der Waals surface area contributed by atoms with Crippen LogP contribution in [0.3, 0.4) is 0 Å². The predicted molar refractivity (Wildman–Crippen MR) is 175 cm³/mol. The molecule has 25 heteroatoms. The fourth-order valence-corrected chi connectivity index (χ4v) is 8.39. The Morgan fingerprint density at radius 1 is 1.26 bits per heavy atom. The molecule has 0 aromatic carbocycles. The Morgan fingerprint density at radius 2 is 2.00 bits per heavy atom. The van der Waals surface area contributed by atoms with Crippen molar-refractivity contribution in [1.82, 2.24) is 39.0 Å². The van der Waals surface area contributed by atoms with E-state index in [1.807, 2.05) is 0 Å². The molecule has 0 saturated carbocycles. The minimum atomic E-state index is -4.93. The largest absolute Gasteiger partial charge is 0.472 e. The van der Waals surface area contributed by atoms with Crippen molar-refractivity contribution in [1.29, 1.82) is 0 Å². The van der Waals surface area contributed by atoms with Crippen molar-refractivity contribution >= 4 is 83.9 Å². The van der Waals surface area contributed by atoms with Gasteiger partial charge in [-0.1, -0.05) is 11.8 Å². The first-order valence-corrected chi connectivity index (χ1v) is 20.0. The second-order valence-electron chi connectivity index (χ2n) is 10.8. The van der Waals surface area contributed by atoms with Gasteiger partial charge in [0.25, 0.3) is 5.56 Å². The zero-order valence-corrected chi connectivity index (χ0v) is 28.6. The molecule has 6 heterocycles. The normalized spacial score (nSPS) is 29.9. The van der Waals surface area contributed by atoms with E-state index in [0.29, 0.717) is 11.2 Å². The number of nitrogens with two attached hydrogens (primary N) is 2. The second-order valence-corrected chi connectivity index (χ2v) is 17.6. The van der Waals surface area contributed by atoms with Gasteiger partial charge in [0.15, 0.2) is 35.6 Å². The van der Waals surface area contributed by atoms with Crippen molar-refractivity contribution in [2.45, 2.75) is 54.1 Å². The number of nitrogens with zero attached hydrogens (tertiary/aromatic N) is 7. The number of hydrogen-bond donors (Lipinski definition) is 7. The molecule has 0 aliphatic carbocycles. The Labute approximate surface area is 279 Å². The molecule has 0 bridgehead atoms. The second kappa shape index (κ2) is 13.6. The number of nitrogens with one attached hydrogen (secondary N) is 1. The van der Waals surface area contributed by atoms with E-state index in [-0.39, 0.29) is 36.1 Å². The van der Waals surface area contributed by atoms with Gasteiger partial charge in [-0.3, -0.25) is 28.0 Å². The third-order valence-corrected chi connectivity index (χ3v) is 11.1. The lowest BCUT2D eigenvalue weighted by Crippen LogP contribution is -2.35. The summed E-state index contributed by atoms with van der Waals surface area (Å²) in [5.74, 6) is -0.0259. The molecule has 0 amide bonds. The van der Waals surface area contributed by atoms with Gasteiger partial charge in [-0.05, 0) is 6.92 Å². The average Bonchev–Trinajstić information content (AvgIpc) is 3.77. The molecule has 2 fully saturated rings. The van der Waals surface area contributed by atoms with Gasteiger partial charge in [0, 0.05) is 6.42 Å². The van der Waals surface area contributed by atoms with Crippen molar-refractivity contribution < 1.29 is 42.7 Å². The Hall–Kier alpha value is -2.24. The highest BCUT2D eigenvalue weighted by Crippen LogP contribution is 2.54. The molecule has 9 atom stereocenters. The number of fused-ring (bicyclic) bond motifs is 2. The molecule has 2 aliphatic heterocycles. The maximum atomic E-state index is 13.4. The molecule has 47 heavy (non-hydrogen) atoms. The molecule has 2 aliphatic rings. The summed E-state index contributed by atoms with van der Waals surface area (Å²) in [4.78, 5) is 46.2. The number of aliphatic hydroxyl groups is 2. The molecule has 2 saturated heterocycles. The number of anilines is 2. The minimum absolute atomic E-state index is 0.0473. The fraction of sp³-hybridized carbons (Fsp3) is 0.545. The molecule has 20 nitrogen and oxygen atoms in total. The summed E-state index contributed by atoms with van der Waals surface area (Å²) in [6.45, 7) is 0.508. The summed E-state index contributed by atoms with van der Waals surface area (Å²) in [6.07, 6.45) is -2.03. The molecule has 256 valence electrons. The lowest BCUT2D eigenvalue weighted by molar-refractivity contribution is -0.118. The van der Waals surface area contributed by atoms with Crippen molar-refractivity contribution in [3.8, 4) is 0 Å². The van der Waals surface area contributed by atoms with Crippen LogP contribution in [0, 0.1) is 0 Å². The highest BCUT2D eigenvalue weighted by molar-refractivity contribution is 8.54. The lowest BCUT2D eigenvalue weighted by Gasteiger charge is -2.28. The summed E-state index contributed by atoms with van der Waals surface area (Å²) in [5, 5.41) is 19.0.